The minimum absolute atomic E-state index is 0.512. The zero-order valence-corrected chi connectivity index (χ0v) is 13.6. The number of aliphatic hydroxyl groups is 1. The molecule has 1 unspecified atom stereocenters. The van der Waals surface area contributed by atoms with Crippen LogP contribution >= 0.6 is 39.3 Å². The second-order valence-corrected chi connectivity index (χ2v) is 6.71. The molecule has 0 saturated carbocycles. The van der Waals surface area contributed by atoms with E-state index < -0.39 is 6.10 Å². The second-order valence-electron chi connectivity index (χ2n) is 4.29. The van der Waals surface area contributed by atoms with Crippen LogP contribution in [-0.2, 0) is 0 Å². The van der Waals surface area contributed by atoms with Gasteiger partial charge >= 0.3 is 0 Å². The van der Waals surface area contributed by atoms with E-state index in [1.807, 2.05) is 49.4 Å². The molecule has 0 aromatic heterocycles. The number of hydrogen-bond acceptors (Lipinski definition) is 2. The fourth-order valence-corrected chi connectivity index (χ4v) is 3.31. The highest BCUT2D eigenvalue weighted by molar-refractivity contribution is 9.10. The topological polar surface area (TPSA) is 20.2 Å². The van der Waals surface area contributed by atoms with Gasteiger partial charge in [0.05, 0.1) is 6.10 Å². The number of rotatable bonds is 4. The maximum absolute atomic E-state index is 10.2. The largest absolute Gasteiger partial charge is 0.388 e. The Morgan fingerprint density at radius 3 is 2.74 bits per heavy atom. The van der Waals surface area contributed by atoms with E-state index >= 15 is 0 Å². The fourth-order valence-electron chi connectivity index (χ4n) is 1.64. The lowest BCUT2D eigenvalue weighted by Gasteiger charge is -2.12. The highest BCUT2D eigenvalue weighted by Crippen LogP contribution is 2.28. The summed E-state index contributed by atoms with van der Waals surface area (Å²) in [5.74, 6) is 0.607. The average molecular weight is 358 g/mol. The Labute approximate surface area is 131 Å². The lowest BCUT2D eigenvalue weighted by Crippen LogP contribution is -2.00. The van der Waals surface area contributed by atoms with E-state index in [-0.39, 0.29) is 0 Å². The highest BCUT2D eigenvalue weighted by Gasteiger charge is 2.09. The second kappa shape index (κ2) is 6.80. The van der Waals surface area contributed by atoms with Crippen LogP contribution in [0.2, 0.25) is 5.02 Å². The molecule has 0 saturated heterocycles. The van der Waals surface area contributed by atoms with Gasteiger partial charge in [-0.05, 0) is 42.3 Å². The van der Waals surface area contributed by atoms with Crippen molar-refractivity contribution in [1.29, 1.82) is 0 Å². The van der Waals surface area contributed by atoms with Crippen molar-refractivity contribution in [2.24, 2.45) is 0 Å². The van der Waals surface area contributed by atoms with Gasteiger partial charge in [0.2, 0.25) is 0 Å². The van der Waals surface area contributed by atoms with Gasteiger partial charge in [0, 0.05) is 20.1 Å². The van der Waals surface area contributed by atoms with Crippen LogP contribution < -0.4 is 0 Å². The van der Waals surface area contributed by atoms with Crippen molar-refractivity contribution in [1.82, 2.24) is 0 Å². The molecule has 1 nitrogen and oxygen atoms in total. The molecular formula is C15H14BrClOS. The van der Waals surface area contributed by atoms with E-state index in [4.69, 9.17) is 11.6 Å². The molecule has 0 aliphatic heterocycles. The van der Waals surface area contributed by atoms with Gasteiger partial charge in [-0.15, -0.1) is 11.8 Å². The van der Waals surface area contributed by atoms with E-state index in [1.165, 1.54) is 0 Å². The van der Waals surface area contributed by atoms with Crippen LogP contribution in [0.25, 0.3) is 0 Å². The quantitative estimate of drug-likeness (QED) is 0.755. The van der Waals surface area contributed by atoms with E-state index in [2.05, 4.69) is 15.9 Å². The maximum atomic E-state index is 10.2. The van der Waals surface area contributed by atoms with Gasteiger partial charge in [-0.1, -0.05) is 45.7 Å². The third kappa shape index (κ3) is 4.25. The fraction of sp³-hybridized carbons (Fsp3) is 0.200. The van der Waals surface area contributed by atoms with Crippen molar-refractivity contribution in [2.45, 2.75) is 17.9 Å². The van der Waals surface area contributed by atoms with Gasteiger partial charge in [-0.2, -0.15) is 0 Å². The normalized spacial score (nSPS) is 12.4. The Hall–Kier alpha value is -0.480. The molecule has 0 heterocycles. The summed E-state index contributed by atoms with van der Waals surface area (Å²) < 4.78 is 1.05. The molecule has 0 aliphatic carbocycles. The smallest absolute Gasteiger partial charge is 0.0884 e. The van der Waals surface area contributed by atoms with Crippen LogP contribution in [0.3, 0.4) is 0 Å². The first-order valence-electron chi connectivity index (χ1n) is 5.89. The summed E-state index contributed by atoms with van der Waals surface area (Å²) in [6.45, 7) is 1.95. The molecule has 2 rings (SSSR count). The molecule has 0 amide bonds. The monoisotopic (exact) mass is 356 g/mol. The molecule has 0 aliphatic rings. The molecule has 0 fully saturated rings. The highest BCUT2D eigenvalue weighted by atomic mass is 79.9. The standard InChI is InChI=1S/C15H14BrClOS/c1-10-5-6-11(7-14(10)17)15(18)9-19-13-4-2-3-12(16)8-13/h2-8,15,18H,9H2,1H3. The third-order valence-electron chi connectivity index (χ3n) is 2.78. The molecule has 100 valence electrons. The predicted molar refractivity (Wildman–Crippen MR) is 86.0 cm³/mol. The van der Waals surface area contributed by atoms with E-state index in [9.17, 15) is 5.11 Å². The molecular weight excluding hydrogens is 344 g/mol. The summed E-state index contributed by atoms with van der Waals surface area (Å²) in [6.07, 6.45) is -0.512. The zero-order valence-electron chi connectivity index (χ0n) is 10.4. The number of thioether (sulfide) groups is 1. The molecule has 0 radical (unpaired) electrons. The van der Waals surface area contributed by atoms with Gasteiger partial charge in [-0.3, -0.25) is 0 Å². The lowest BCUT2D eigenvalue weighted by atomic mass is 10.1. The van der Waals surface area contributed by atoms with Crippen molar-refractivity contribution in [3.8, 4) is 0 Å². The summed E-state index contributed by atoms with van der Waals surface area (Å²) in [6, 6.07) is 13.7. The zero-order chi connectivity index (χ0) is 13.8. The molecule has 19 heavy (non-hydrogen) atoms. The average Bonchev–Trinajstić information content (AvgIpc) is 2.39. The predicted octanol–water partition coefficient (Wildman–Crippen LogP) is 5.24. The van der Waals surface area contributed by atoms with Crippen molar-refractivity contribution in [3.63, 3.8) is 0 Å². The molecule has 0 spiro atoms. The number of hydrogen-bond donors (Lipinski definition) is 1. The maximum Gasteiger partial charge on any atom is 0.0884 e. The first-order valence-corrected chi connectivity index (χ1v) is 8.04. The van der Waals surface area contributed by atoms with Crippen LogP contribution in [0.5, 0.6) is 0 Å². The minimum Gasteiger partial charge on any atom is -0.388 e. The van der Waals surface area contributed by atoms with E-state index in [0.29, 0.717) is 10.8 Å². The third-order valence-corrected chi connectivity index (χ3v) is 4.75. The number of aliphatic hydroxyl groups excluding tert-OH is 1. The summed E-state index contributed by atoms with van der Waals surface area (Å²) >= 11 is 11.1. The Balaban J connectivity index is 2.01. The molecule has 0 bridgehead atoms. The first-order chi connectivity index (χ1) is 9.06. The van der Waals surface area contributed by atoms with Crippen molar-refractivity contribution in [3.05, 3.63) is 63.1 Å². The van der Waals surface area contributed by atoms with E-state index in [0.717, 1.165) is 20.5 Å². The van der Waals surface area contributed by atoms with Gasteiger partial charge in [0.15, 0.2) is 0 Å². The van der Waals surface area contributed by atoms with Gasteiger partial charge in [0.25, 0.3) is 0 Å². The number of benzene rings is 2. The Morgan fingerprint density at radius 1 is 1.26 bits per heavy atom. The molecule has 1 atom stereocenters. The van der Waals surface area contributed by atoms with Gasteiger partial charge < -0.3 is 5.11 Å². The molecule has 2 aromatic rings. The summed E-state index contributed by atoms with van der Waals surface area (Å²) in [5.41, 5.74) is 1.88. The lowest BCUT2D eigenvalue weighted by molar-refractivity contribution is 0.204. The Morgan fingerprint density at radius 2 is 2.05 bits per heavy atom. The van der Waals surface area contributed by atoms with Crippen molar-refractivity contribution in [2.75, 3.05) is 5.75 Å². The van der Waals surface area contributed by atoms with Crippen molar-refractivity contribution >= 4 is 39.3 Å². The Kier molecular flexibility index (Phi) is 5.34. The SMILES string of the molecule is Cc1ccc(C(O)CSc2cccc(Br)c2)cc1Cl. The van der Waals surface area contributed by atoms with Crippen LogP contribution in [0.1, 0.15) is 17.2 Å². The van der Waals surface area contributed by atoms with Gasteiger partial charge in [0.1, 0.15) is 0 Å². The van der Waals surface area contributed by atoms with E-state index in [1.54, 1.807) is 11.8 Å². The summed E-state index contributed by atoms with van der Waals surface area (Å²) in [5, 5.41) is 10.9. The van der Waals surface area contributed by atoms with Crippen LogP contribution in [-0.4, -0.2) is 10.9 Å². The van der Waals surface area contributed by atoms with Crippen LogP contribution in [0.4, 0.5) is 0 Å². The van der Waals surface area contributed by atoms with Gasteiger partial charge in [-0.25, -0.2) is 0 Å². The minimum atomic E-state index is -0.512. The van der Waals surface area contributed by atoms with Crippen LogP contribution in [0.15, 0.2) is 51.8 Å². The molecule has 2 aromatic carbocycles. The first kappa shape index (κ1) is 14.9. The van der Waals surface area contributed by atoms with Crippen LogP contribution in [0, 0.1) is 6.92 Å². The summed E-state index contributed by atoms with van der Waals surface area (Å²) in [4.78, 5) is 1.13. The molecule has 4 heteroatoms. The van der Waals surface area contributed by atoms with Crippen molar-refractivity contribution < 1.29 is 5.11 Å². The summed E-state index contributed by atoms with van der Waals surface area (Å²) in [7, 11) is 0. The number of aryl methyl sites for hydroxylation is 1. The number of halogens is 2. The Bertz CT molecular complexity index is 574. The molecule has 1 N–H and O–H groups in total.